The summed E-state index contributed by atoms with van der Waals surface area (Å²) in [5.74, 6) is 0.268. The van der Waals surface area contributed by atoms with Gasteiger partial charge in [0, 0.05) is 10.6 Å². The Bertz CT molecular complexity index is 730. The highest BCUT2D eigenvalue weighted by Gasteiger charge is 2.12. The van der Waals surface area contributed by atoms with Crippen molar-refractivity contribution in [3.05, 3.63) is 57.6 Å². The van der Waals surface area contributed by atoms with Crippen molar-refractivity contribution in [1.82, 2.24) is 0 Å². The van der Waals surface area contributed by atoms with Crippen molar-refractivity contribution in [2.45, 2.75) is 0 Å². The molecule has 0 unspecified atom stereocenters. The second-order valence-electron chi connectivity index (χ2n) is 4.32. The Hall–Kier alpha value is -2.24. The van der Waals surface area contributed by atoms with Crippen molar-refractivity contribution in [1.29, 1.82) is 0 Å². The van der Waals surface area contributed by atoms with E-state index in [0.29, 0.717) is 32.7 Å². The average Bonchev–Trinajstić information content (AvgIpc) is 2.56. The minimum Gasteiger partial charge on any atom is -0.493 e. The van der Waals surface area contributed by atoms with Gasteiger partial charge in [-0.15, -0.1) is 0 Å². The van der Waals surface area contributed by atoms with Crippen LogP contribution in [0, 0.1) is 0 Å². The summed E-state index contributed by atoms with van der Waals surface area (Å²) in [4.78, 5) is 16.6. The molecule has 0 radical (unpaired) electrons. The molecule has 0 aliphatic carbocycles. The summed E-state index contributed by atoms with van der Waals surface area (Å²) >= 11 is 11.9. The molecule has 0 spiro atoms. The summed E-state index contributed by atoms with van der Waals surface area (Å²) in [6, 6.07) is 9.61. The molecule has 23 heavy (non-hydrogen) atoms. The lowest BCUT2D eigenvalue weighted by Gasteiger charge is -2.10. The number of ether oxygens (including phenoxy) is 2. The fraction of sp³-hybridized carbons (Fsp3) is 0.125. The molecule has 5 nitrogen and oxygen atoms in total. The van der Waals surface area contributed by atoms with Crippen LogP contribution in [0.25, 0.3) is 0 Å². The first-order valence-corrected chi connectivity index (χ1v) is 7.23. The zero-order valence-electron chi connectivity index (χ0n) is 12.4. The second-order valence-corrected chi connectivity index (χ2v) is 5.14. The third-order valence-electron chi connectivity index (χ3n) is 2.92. The van der Waals surface area contributed by atoms with Crippen LogP contribution in [0.1, 0.15) is 15.9 Å². The van der Waals surface area contributed by atoms with E-state index in [1.54, 1.807) is 36.4 Å². The third kappa shape index (κ3) is 4.15. The van der Waals surface area contributed by atoms with E-state index >= 15 is 0 Å². The van der Waals surface area contributed by atoms with Crippen LogP contribution in [-0.2, 0) is 4.84 Å². The molecule has 0 aliphatic rings. The van der Waals surface area contributed by atoms with E-state index in [0.717, 1.165) is 0 Å². The molecule has 2 aromatic carbocycles. The van der Waals surface area contributed by atoms with Crippen molar-refractivity contribution in [3.63, 3.8) is 0 Å². The number of methoxy groups -OCH3 is 2. The summed E-state index contributed by atoms with van der Waals surface area (Å²) in [6.45, 7) is 0. The topological polar surface area (TPSA) is 57.1 Å². The molecule has 0 aromatic heterocycles. The minimum absolute atomic E-state index is 0.304. The highest BCUT2D eigenvalue weighted by atomic mass is 35.5. The number of oxime groups is 1. The third-order valence-corrected chi connectivity index (χ3v) is 3.56. The van der Waals surface area contributed by atoms with Gasteiger partial charge in [0.05, 0.1) is 31.0 Å². The van der Waals surface area contributed by atoms with Crippen LogP contribution in [-0.4, -0.2) is 26.4 Å². The maximum Gasteiger partial charge on any atom is 0.365 e. The van der Waals surface area contributed by atoms with Crippen molar-refractivity contribution in [2.75, 3.05) is 14.2 Å². The number of carbonyl (C=O) groups is 1. The van der Waals surface area contributed by atoms with Crippen molar-refractivity contribution in [2.24, 2.45) is 5.16 Å². The summed E-state index contributed by atoms with van der Waals surface area (Å²) in [6.07, 6.45) is 1.32. The first-order chi connectivity index (χ1) is 11.1. The molecular formula is C16H13Cl2NO4. The van der Waals surface area contributed by atoms with Gasteiger partial charge in [0.15, 0.2) is 11.5 Å². The Morgan fingerprint density at radius 3 is 2.35 bits per heavy atom. The smallest absolute Gasteiger partial charge is 0.365 e. The number of nitrogens with zero attached hydrogens (tertiary/aromatic N) is 1. The highest BCUT2D eigenvalue weighted by molar-refractivity contribution is 6.34. The van der Waals surface area contributed by atoms with Gasteiger partial charge < -0.3 is 14.3 Å². The van der Waals surface area contributed by atoms with E-state index in [-0.39, 0.29) is 0 Å². The van der Waals surface area contributed by atoms with E-state index in [9.17, 15) is 4.79 Å². The SMILES string of the molecule is COc1ccc(C=NOC(=O)c2ccc(Cl)cc2)c(Cl)c1OC. The number of hydrogen-bond donors (Lipinski definition) is 0. The largest absolute Gasteiger partial charge is 0.493 e. The van der Waals surface area contributed by atoms with E-state index in [4.69, 9.17) is 37.5 Å². The van der Waals surface area contributed by atoms with Crippen LogP contribution in [0.4, 0.5) is 0 Å². The monoisotopic (exact) mass is 353 g/mol. The predicted octanol–water partition coefficient (Wildman–Crippen LogP) is 4.20. The molecule has 0 saturated heterocycles. The quantitative estimate of drug-likeness (QED) is 0.459. The Balaban J connectivity index is 2.11. The second kappa shape index (κ2) is 7.85. The molecule has 0 heterocycles. The average molecular weight is 354 g/mol. The normalized spacial score (nSPS) is 10.6. The Morgan fingerprint density at radius 2 is 1.74 bits per heavy atom. The zero-order chi connectivity index (χ0) is 16.8. The lowest BCUT2D eigenvalue weighted by molar-refractivity contribution is 0.0519. The van der Waals surface area contributed by atoms with Crippen LogP contribution in [0.15, 0.2) is 41.6 Å². The molecule has 0 saturated carbocycles. The van der Waals surface area contributed by atoms with Crippen LogP contribution in [0.3, 0.4) is 0 Å². The first-order valence-electron chi connectivity index (χ1n) is 6.47. The standard InChI is InChI=1S/C16H13Cl2NO4/c1-21-13-8-5-11(14(18)15(13)22-2)9-19-23-16(20)10-3-6-12(17)7-4-10/h3-9H,1-2H3. The van der Waals surface area contributed by atoms with Gasteiger partial charge in [-0.2, -0.15) is 0 Å². The van der Waals surface area contributed by atoms with Gasteiger partial charge in [-0.3, -0.25) is 0 Å². The van der Waals surface area contributed by atoms with Gasteiger partial charge in [-0.1, -0.05) is 28.4 Å². The molecule has 0 atom stereocenters. The number of halogens is 2. The molecule has 2 rings (SSSR count). The minimum atomic E-state index is -0.602. The van der Waals surface area contributed by atoms with E-state index < -0.39 is 5.97 Å². The number of hydrogen-bond acceptors (Lipinski definition) is 5. The molecule has 0 bridgehead atoms. The molecule has 0 aliphatic heterocycles. The fourth-order valence-electron chi connectivity index (χ4n) is 1.77. The Kier molecular flexibility index (Phi) is 5.84. The van der Waals surface area contributed by atoms with Crippen LogP contribution in [0.2, 0.25) is 10.0 Å². The van der Waals surface area contributed by atoms with Gasteiger partial charge >= 0.3 is 5.97 Å². The van der Waals surface area contributed by atoms with Gasteiger partial charge in [-0.05, 0) is 36.4 Å². The molecular weight excluding hydrogens is 341 g/mol. The summed E-state index contributed by atoms with van der Waals surface area (Å²) in [5, 5.41) is 4.48. The van der Waals surface area contributed by atoms with Crippen LogP contribution in [0.5, 0.6) is 11.5 Å². The molecule has 0 amide bonds. The van der Waals surface area contributed by atoms with Gasteiger partial charge in [0.25, 0.3) is 0 Å². The fourth-order valence-corrected chi connectivity index (χ4v) is 2.18. The van der Waals surface area contributed by atoms with E-state index in [1.807, 2.05) is 0 Å². The number of benzene rings is 2. The predicted molar refractivity (Wildman–Crippen MR) is 89.0 cm³/mol. The molecule has 0 N–H and O–H groups in total. The van der Waals surface area contributed by atoms with Crippen LogP contribution < -0.4 is 9.47 Å². The van der Waals surface area contributed by atoms with Crippen LogP contribution >= 0.6 is 23.2 Å². The van der Waals surface area contributed by atoms with Gasteiger partial charge in [0.2, 0.25) is 0 Å². The van der Waals surface area contributed by atoms with Crippen molar-refractivity contribution < 1.29 is 19.1 Å². The zero-order valence-corrected chi connectivity index (χ0v) is 13.9. The molecule has 7 heteroatoms. The maximum absolute atomic E-state index is 11.8. The van der Waals surface area contributed by atoms with E-state index in [1.165, 1.54) is 20.4 Å². The Labute approximate surface area is 143 Å². The molecule has 120 valence electrons. The summed E-state index contributed by atoms with van der Waals surface area (Å²) in [7, 11) is 2.99. The number of carbonyl (C=O) groups excluding carboxylic acids is 1. The lowest BCUT2D eigenvalue weighted by atomic mass is 10.2. The lowest BCUT2D eigenvalue weighted by Crippen LogP contribution is -2.01. The summed E-state index contributed by atoms with van der Waals surface area (Å²) < 4.78 is 10.3. The highest BCUT2D eigenvalue weighted by Crippen LogP contribution is 2.36. The molecule has 0 fully saturated rings. The van der Waals surface area contributed by atoms with Crippen molar-refractivity contribution in [3.8, 4) is 11.5 Å². The van der Waals surface area contributed by atoms with E-state index in [2.05, 4.69) is 5.16 Å². The van der Waals surface area contributed by atoms with Gasteiger partial charge in [-0.25, -0.2) is 4.79 Å². The maximum atomic E-state index is 11.8. The van der Waals surface area contributed by atoms with Gasteiger partial charge in [0.1, 0.15) is 0 Å². The Morgan fingerprint density at radius 1 is 1.04 bits per heavy atom. The summed E-state index contributed by atoms with van der Waals surface area (Å²) in [5.41, 5.74) is 0.859. The van der Waals surface area contributed by atoms with Crippen molar-refractivity contribution >= 4 is 35.4 Å². The number of rotatable bonds is 5. The molecule has 2 aromatic rings. The first kappa shape index (κ1) is 17.1.